The maximum atomic E-state index is 13.5. The van der Waals surface area contributed by atoms with Crippen LogP contribution in [0.4, 0.5) is 16.2 Å². The van der Waals surface area contributed by atoms with Crippen LogP contribution in [-0.2, 0) is 16.0 Å². The molecule has 2 aromatic carbocycles. The molecule has 2 saturated heterocycles. The Morgan fingerprint density at radius 2 is 1.71 bits per heavy atom. The van der Waals surface area contributed by atoms with Crippen LogP contribution in [0.3, 0.4) is 0 Å². The maximum Gasteiger partial charge on any atom is 0.330 e. The fourth-order valence-electron chi connectivity index (χ4n) is 5.19. The minimum atomic E-state index is -1.38. The van der Waals surface area contributed by atoms with Gasteiger partial charge in [-0.1, -0.05) is 30.3 Å². The van der Waals surface area contributed by atoms with E-state index in [2.05, 4.69) is 15.1 Å². The van der Waals surface area contributed by atoms with E-state index in [1.54, 1.807) is 7.11 Å². The Kier molecular flexibility index (Phi) is 4.39. The standard InChI is InChI=1S/C23H24N4O4/c1-25-21(29)23(20(28)24-22(25)30)13-15-7-3-4-8-16(15)27-12-11-26(14-19(23)27)17-9-5-6-10-18(17)31-2/h3-10,19H,11-14H2,1-2H3,(H,24,28,30)/t19-,23+/m1/s1. The van der Waals surface area contributed by atoms with Gasteiger partial charge in [0.2, 0.25) is 11.8 Å². The third-order valence-electron chi connectivity index (χ3n) is 6.76. The highest BCUT2D eigenvalue weighted by Crippen LogP contribution is 2.46. The summed E-state index contributed by atoms with van der Waals surface area (Å²) in [6.45, 7) is 1.81. The van der Waals surface area contributed by atoms with Crippen molar-refractivity contribution >= 4 is 29.2 Å². The third kappa shape index (κ3) is 2.71. The summed E-state index contributed by atoms with van der Waals surface area (Å²) in [6, 6.07) is 14.5. The van der Waals surface area contributed by atoms with Crippen molar-refractivity contribution in [3.63, 3.8) is 0 Å². The number of carbonyl (C=O) groups excluding carboxylic acids is 3. The number of benzene rings is 2. The van der Waals surface area contributed by atoms with Gasteiger partial charge in [-0.05, 0) is 30.2 Å². The number of carbonyl (C=O) groups is 3. The SMILES string of the molecule is COc1ccccc1N1CCN2c3ccccc3C[C@@]3(C(=O)NC(=O)N(C)C3=O)[C@H]2C1. The molecule has 2 fully saturated rings. The summed E-state index contributed by atoms with van der Waals surface area (Å²) < 4.78 is 5.55. The van der Waals surface area contributed by atoms with E-state index in [4.69, 9.17) is 4.74 Å². The third-order valence-corrected chi connectivity index (χ3v) is 6.76. The van der Waals surface area contributed by atoms with Crippen LogP contribution in [0.5, 0.6) is 5.75 Å². The number of para-hydroxylation sites is 3. The number of imide groups is 2. The van der Waals surface area contributed by atoms with E-state index >= 15 is 0 Å². The molecule has 2 atom stereocenters. The van der Waals surface area contributed by atoms with Crippen LogP contribution in [-0.4, -0.2) is 62.6 Å². The predicted molar refractivity (Wildman–Crippen MR) is 115 cm³/mol. The van der Waals surface area contributed by atoms with E-state index in [9.17, 15) is 14.4 Å². The maximum absolute atomic E-state index is 13.5. The van der Waals surface area contributed by atoms with Gasteiger partial charge in [0.25, 0.3) is 0 Å². The second-order valence-electron chi connectivity index (χ2n) is 8.23. The topological polar surface area (TPSA) is 82.2 Å². The van der Waals surface area contributed by atoms with Crippen LogP contribution in [0.2, 0.25) is 0 Å². The number of hydrogen-bond donors (Lipinski definition) is 1. The summed E-state index contributed by atoms with van der Waals surface area (Å²) >= 11 is 0. The monoisotopic (exact) mass is 420 g/mol. The molecule has 2 aromatic rings. The van der Waals surface area contributed by atoms with Crippen LogP contribution in [0.25, 0.3) is 0 Å². The molecule has 4 amide bonds. The van der Waals surface area contributed by atoms with Crippen molar-refractivity contribution in [2.45, 2.75) is 12.5 Å². The Bertz CT molecular complexity index is 1090. The number of fused-ring (bicyclic) bond motifs is 4. The lowest BCUT2D eigenvalue weighted by molar-refractivity contribution is -0.152. The first-order chi connectivity index (χ1) is 15.0. The van der Waals surface area contributed by atoms with E-state index in [0.717, 1.165) is 27.6 Å². The normalized spacial score (nSPS) is 25.3. The van der Waals surface area contributed by atoms with Crippen molar-refractivity contribution in [3.05, 3.63) is 54.1 Å². The number of rotatable bonds is 2. The van der Waals surface area contributed by atoms with Gasteiger partial charge in [0.05, 0.1) is 18.8 Å². The second-order valence-corrected chi connectivity index (χ2v) is 8.23. The number of urea groups is 1. The molecule has 0 saturated carbocycles. The minimum absolute atomic E-state index is 0.256. The molecule has 8 heteroatoms. The van der Waals surface area contributed by atoms with Crippen LogP contribution < -0.4 is 19.9 Å². The van der Waals surface area contributed by atoms with E-state index in [0.29, 0.717) is 19.6 Å². The minimum Gasteiger partial charge on any atom is -0.495 e. The van der Waals surface area contributed by atoms with Gasteiger partial charge >= 0.3 is 6.03 Å². The van der Waals surface area contributed by atoms with Crippen molar-refractivity contribution < 1.29 is 19.1 Å². The first-order valence-electron chi connectivity index (χ1n) is 10.3. The molecule has 0 unspecified atom stereocenters. The van der Waals surface area contributed by atoms with Gasteiger partial charge in [-0.25, -0.2) is 4.79 Å². The van der Waals surface area contributed by atoms with E-state index in [1.807, 2.05) is 48.5 Å². The fraction of sp³-hybridized carbons (Fsp3) is 0.348. The lowest BCUT2D eigenvalue weighted by atomic mass is 9.67. The van der Waals surface area contributed by atoms with Gasteiger partial charge in [0.1, 0.15) is 5.75 Å². The van der Waals surface area contributed by atoms with E-state index in [-0.39, 0.29) is 6.42 Å². The molecule has 0 radical (unpaired) electrons. The van der Waals surface area contributed by atoms with Crippen LogP contribution in [0, 0.1) is 5.41 Å². The van der Waals surface area contributed by atoms with Crippen molar-refractivity contribution in [3.8, 4) is 5.75 Å². The fourth-order valence-corrected chi connectivity index (χ4v) is 5.19. The molecule has 1 N–H and O–H groups in total. The summed E-state index contributed by atoms with van der Waals surface area (Å²) in [6.07, 6.45) is 0.256. The van der Waals surface area contributed by atoms with Gasteiger partial charge < -0.3 is 14.5 Å². The molecule has 3 aliphatic heterocycles. The molecule has 3 heterocycles. The largest absolute Gasteiger partial charge is 0.495 e. The highest BCUT2D eigenvalue weighted by molar-refractivity contribution is 6.20. The molecule has 160 valence electrons. The van der Waals surface area contributed by atoms with Crippen molar-refractivity contribution in [2.24, 2.45) is 5.41 Å². The number of anilines is 2. The molecule has 3 aliphatic rings. The first kappa shape index (κ1) is 19.4. The molecule has 31 heavy (non-hydrogen) atoms. The summed E-state index contributed by atoms with van der Waals surface area (Å²) in [4.78, 5) is 44.4. The zero-order valence-electron chi connectivity index (χ0n) is 17.5. The summed E-state index contributed by atoms with van der Waals surface area (Å²) in [7, 11) is 3.06. The predicted octanol–water partition coefficient (Wildman–Crippen LogP) is 1.64. The Hall–Kier alpha value is -3.55. The molecule has 0 bridgehead atoms. The Morgan fingerprint density at radius 1 is 1.00 bits per heavy atom. The number of barbiturate groups is 1. The molecular weight excluding hydrogens is 396 g/mol. The van der Waals surface area contributed by atoms with Gasteiger partial charge in [-0.15, -0.1) is 0 Å². The zero-order valence-corrected chi connectivity index (χ0v) is 17.5. The number of piperazine rings is 1. The first-order valence-corrected chi connectivity index (χ1v) is 10.3. The second kappa shape index (κ2) is 7.01. The van der Waals surface area contributed by atoms with Crippen molar-refractivity contribution in [1.82, 2.24) is 10.2 Å². The molecular formula is C23H24N4O4. The smallest absolute Gasteiger partial charge is 0.330 e. The number of amides is 4. The summed E-state index contributed by atoms with van der Waals surface area (Å²) in [5.41, 5.74) is 1.53. The van der Waals surface area contributed by atoms with Crippen molar-refractivity contribution in [2.75, 3.05) is 43.6 Å². The number of nitrogens with one attached hydrogen (secondary N) is 1. The van der Waals surface area contributed by atoms with E-state index in [1.165, 1.54) is 7.05 Å². The number of methoxy groups -OCH3 is 1. The lowest BCUT2D eigenvalue weighted by Gasteiger charge is -2.55. The van der Waals surface area contributed by atoms with Crippen LogP contribution in [0.1, 0.15) is 5.56 Å². The number of hydrogen-bond acceptors (Lipinski definition) is 6. The van der Waals surface area contributed by atoms with Crippen molar-refractivity contribution in [1.29, 1.82) is 0 Å². The zero-order chi connectivity index (χ0) is 21.8. The lowest BCUT2D eigenvalue weighted by Crippen LogP contribution is -2.74. The van der Waals surface area contributed by atoms with Crippen LogP contribution in [0.15, 0.2) is 48.5 Å². The number of nitrogens with zero attached hydrogens (tertiary/aromatic N) is 3. The average molecular weight is 420 g/mol. The van der Waals surface area contributed by atoms with E-state index < -0.39 is 29.3 Å². The molecule has 5 rings (SSSR count). The van der Waals surface area contributed by atoms with Crippen LogP contribution >= 0.6 is 0 Å². The average Bonchev–Trinajstić information content (AvgIpc) is 2.81. The Labute approximate surface area is 180 Å². The Morgan fingerprint density at radius 3 is 2.48 bits per heavy atom. The molecule has 1 spiro atoms. The number of ether oxygens (including phenoxy) is 1. The molecule has 0 aliphatic carbocycles. The Balaban J connectivity index is 1.63. The van der Waals surface area contributed by atoms with Gasteiger partial charge in [-0.2, -0.15) is 0 Å². The highest BCUT2D eigenvalue weighted by Gasteiger charge is 2.62. The summed E-state index contributed by atoms with van der Waals surface area (Å²) in [5, 5.41) is 2.42. The van der Waals surface area contributed by atoms with Gasteiger partial charge in [0.15, 0.2) is 5.41 Å². The highest BCUT2D eigenvalue weighted by atomic mass is 16.5. The molecule has 0 aromatic heterocycles. The molecule has 8 nitrogen and oxygen atoms in total. The summed E-state index contributed by atoms with van der Waals surface area (Å²) in [5.74, 6) is -0.229. The quantitative estimate of drug-likeness (QED) is 0.744. The van der Waals surface area contributed by atoms with Gasteiger partial charge in [-0.3, -0.25) is 19.8 Å². The van der Waals surface area contributed by atoms with Gasteiger partial charge in [0, 0.05) is 32.4 Å².